The second-order valence-electron chi connectivity index (χ2n) is 5.17. The molecule has 1 aromatic carbocycles. The number of methoxy groups -OCH3 is 1. The quantitative estimate of drug-likeness (QED) is 0.810. The molecule has 2 atom stereocenters. The van der Waals surface area contributed by atoms with Crippen LogP contribution in [0.4, 0.5) is 0 Å². The fraction of sp³-hybridized carbons (Fsp3) is 0.600. The van der Waals surface area contributed by atoms with Crippen molar-refractivity contribution in [1.82, 2.24) is 5.32 Å². The zero-order chi connectivity index (χ0) is 12.8. The minimum atomic E-state index is 0.598. The highest BCUT2D eigenvalue weighted by Gasteiger charge is 2.25. The summed E-state index contributed by atoms with van der Waals surface area (Å²) in [5, 5.41) is 3.65. The van der Waals surface area contributed by atoms with Crippen molar-refractivity contribution in [1.29, 1.82) is 0 Å². The summed E-state index contributed by atoms with van der Waals surface area (Å²) in [6, 6.07) is 9.17. The number of hydrogen-bond acceptors (Lipinski definition) is 3. The van der Waals surface area contributed by atoms with Crippen LogP contribution in [0.25, 0.3) is 0 Å². The number of nitrogens with two attached hydrogens (primary N) is 1. The number of rotatable bonds is 6. The van der Waals surface area contributed by atoms with Crippen LogP contribution in [0.5, 0.6) is 0 Å². The van der Waals surface area contributed by atoms with E-state index in [0.29, 0.717) is 18.6 Å². The van der Waals surface area contributed by atoms with Crippen molar-refractivity contribution in [3.63, 3.8) is 0 Å². The van der Waals surface area contributed by atoms with E-state index in [1.165, 1.54) is 30.4 Å². The molecule has 0 saturated heterocycles. The first-order valence-electron chi connectivity index (χ1n) is 6.83. The third-order valence-electron chi connectivity index (χ3n) is 3.83. The van der Waals surface area contributed by atoms with Gasteiger partial charge in [0, 0.05) is 19.7 Å². The van der Waals surface area contributed by atoms with Crippen LogP contribution in [0.3, 0.4) is 0 Å². The van der Waals surface area contributed by atoms with Gasteiger partial charge in [-0.05, 0) is 36.4 Å². The van der Waals surface area contributed by atoms with Gasteiger partial charge in [0.25, 0.3) is 0 Å². The van der Waals surface area contributed by atoms with E-state index >= 15 is 0 Å². The lowest BCUT2D eigenvalue weighted by molar-refractivity contribution is 0.185. The van der Waals surface area contributed by atoms with Crippen molar-refractivity contribution in [2.75, 3.05) is 13.7 Å². The highest BCUT2D eigenvalue weighted by atomic mass is 16.5. The molecular formula is C15H24N2O. The Morgan fingerprint density at radius 3 is 2.94 bits per heavy atom. The average Bonchev–Trinajstić information content (AvgIpc) is 2.84. The van der Waals surface area contributed by atoms with Gasteiger partial charge in [-0.1, -0.05) is 30.7 Å². The van der Waals surface area contributed by atoms with Crippen LogP contribution in [0.2, 0.25) is 0 Å². The van der Waals surface area contributed by atoms with E-state index in [0.717, 1.165) is 13.1 Å². The molecule has 1 fully saturated rings. The molecule has 18 heavy (non-hydrogen) atoms. The summed E-state index contributed by atoms with van der Waals surface area (Å²) >= 11 is 0. The largest absolute Gasteiger partial charge is 0.380 e. The average molecular weight is 248 g/mol. The van der Waals surface area contributed by atoms with E-state index in [1.54, 1.807) is 7.11 Å². The van der Waals surface area contributed by atoms with E-state index in [1.807, 2.05) is 0 Å². The second kappa shape index (κ2) is 6.88. The summed E-state index contributed by atoms with van der Waals surface area (Å²) in [5.74, 6) is 0.659. The Labute approximate surface area is 110 Å². The number of nitrogens with one attached hydrogen (secondary N) is 1. The van der Waals surface area contributed by atoms with Gasteiger partial charge in [0.1, 0.15) is 0 Å². The smallest absolute Gasteiger partial charge is 0.0713 e. The molecule has 0 aromatic heterocycles. The summed E-state index contributed by atoms with van der Waals surface area (Å²) in [6.07, 6.45) is 3.85. The minimum absolute atomic E-state index is 0.598. The topological polar surface area (TPSA) is 47.3 Å². The molecule has 0 radical (unpaired) electrons. The van der Waals surface area contributed by atoms with E-state index < -0.39 is 0 Å². The van der Waals surface area contributed by atoms with E-state index in [-0.39, 0.29) is 0 Å². The third kappa shape index (κ3) is 3.55. The van der Waals surface area contributed by atoms with Crippen LogP contribution < -0.4 is 11.1 Å². The van der Waals surface area contributed by atoms with E-state index in [2.05, 4.69) is 29.6 Å². The van der Waals surface area contributed by atoms with Crippen LogP contribution in [-0.2, 0) is 17.9 Å². The van der Waals surface area contributed by atoms with Crippen molar-refractivity contribution in [2.24, 2.45) is 11.7 Å². The predicted octanol–water partition coefficient (Wildman–Crippen LogP) is 2.05. The molecule has 0 amide bonds. The maximum atomic E-state index is 5.80. The molecule has 100 valence electrons. The molecule has 1 aliphatic carbocycles. The molecule has 0 heterocycles. The van der Waals surface area contributed by atoms with Crippen LogP contribution in [0, 0.1) is 5.92 Å². The Hall–Kier alpha value is -0.900. The van der Waals surface area contributed by atoms with Crippen molar-refractivity contribution < 1.29 is 4.74 Å². The molecule has 3 nitrogen and oxygen atoms in total. The van der Waals surface area contributed by atoms with Gasteiger partial charge in [-0.15, -0.1) is 0 Å². The fourth-order valence-corrected chi connectivity index (χ4v) is 2.83. The fourth-order valence-electron chi connectivity index (χ4n) is 2.83. The van der Waals surface area contributed by atoms with Crippen molar-refractivity contribution in [3.05, 3.63) is 35.4 Å². The molecule has 0 aliphatic heterocycles. The summed E-state index contributed by atoms with van der Waals surface area (Å²) in [7, 11) is 1.73. The number of ether oxygens (including phenoxy) is 1. The molecule has 3 N–H and O–H groups in total. The Bertz CT molecular complexity index is 367. The Morgan fingerprint density at radius 1 is 1.33 bits per heavy atom. The standard InChI is InChI=1S/C15H24N2O/c1-18-11-13-5-2-4-12(8-13)10-17-15-7-3-6-14(15)9-16/h2,4-5,8,14-15,17H,3,6-7,9-11,16H2,1H3. The minimum Gasteiger partial charge on any atom is -0.380 e. The summed E-state index contributed by atoms with van der Waals surface area (Å²) < 4.78 is 5.16. The molecule has 2 unspecified atom stereocenters. The highest BCUT2D eigenvalue weighted by Crippen LogP contribution is 2.24. The Kier molecular flexibility index (Phi) is 5.17. The van der Waals surface area contributed by atoms with Crippen molar-refractivity contribution in [3.8, 4) is 0 Å². The van der Waals surface area contributed by atoms with Gasteiger partial charge in [-0.3, -0.25) is 0 Å². The number of hydrogen-bond donors (Lipinski definition) is 2. The van der Waals surface area contributed by atoms with Gasteiger partial charge >= 0.3 is 0 Å². The Balaban J connectivity index is 1.87. The third-order valence-corrected chi connectivity index (χ3v) is 3.83. The predicted molar refractivity (Wildman–Crippen MR) is 74.2 cm³/mol. The lowest BCUT2D eigenvalue weighted by Gasteiger charge is -2.19. The molecule has 1 aliphatic rings. The first kappa shape index (κ1) is 13.5. The summed E-state index contributed by atoms with van der Waals surface area (Å²) in [5.41, 5.74) is 8.36. The van der Waals surface area contributed by atoms with Crippen molar-refractivity contribution >= 4 is 0 Å². The molecule has 0 bridgehead atoms. The molecular weight excluding hydrogens is 224 g/mol. The zero-order valence-electron chi connectivity index (χ0n) is 11.2. The monoisotopic (exact) mass is 248 g/mol. The first-order chi connectivity index (χ1) is 8.83. The van der Waals surface area contributed by atoms with Crippen LogP contribution in [0.15, 0.2) is 24.3 Å². The molecule has 1 aromatic rings. The maximum Gasteiger partial charge on any atom is 0.0713 e. The van der Waals surface area contributed by atoms with Crippen LogP contribution in [0.1, 0.15) is 30.4 Å². The molecule has 0 spiro atoms. The lowest BCUT2D eigenvalue weighted by atomic mass is 10.0. The van der Waals surface area contributed by atoms with E-state index in [9.17, 15) is 0 Å². The normalized spacial score (nSPS) is 23.4. The Morgan fingerprint density at radius 2 is 2.17 bits per heavy atom. The number of benzene rings is 1. The van der Waals surface area contributed by atoms with Gasteiger partial charge in [-0.2, -0.15) is 0 Å². The summed E-state index contributed by atoms with van der Waals surface area (Å²) in [4.78, 5) is 0. The van der Waals surface area contributed by atoms with Crippen LogP contribution >= 0.6 is 0 Å². The summed E-state index contributed by atoms with van der Waals surface area (Å²) in [6.45, 7) is 2.42. The lowest BCUT2D eigenvalue weighted by Crippen LogP contribution is -2.35. The molecule has 3 heteroatoms. The molecule has 1 saturated carbocycles. The van der Waals surface area contributed by atoms with Gasteiger partial charge in [0.15, 0.2) is 0 Å². The highest BCUT2D eigenvalue weighted by molar-refractivity contribution is 5.23. The second-order valence-corrected chi connectivity index (χ2v) is 5.17. The zero-order valence-corrected chi connectivity index (χ0v) is 11.2. The van der Waals surface area contributed by atoms with Crippen molar-refractivity contribution in [2.45, 2.75) is 38.5 Å². The van der Waals surface area contributed by atoms with E-state index in [4.69, 9.17) is 10.5 Å². The molecule has 2 rings (SSSR count). The van der Waals surface area contributed by atoms with Gasteiger partial charge in [-0.25, -0.2) is 0 Å². The maximum absolute atomic E-state index is 5.80. The van der Waals surface area contributed by atoms with Crippen LogP contribution in [-0.4, -0.2) is 19.7 Å². The van der Waals surface area contributed by atoms with Gasteiger partial charge in [0.2, 0.25) is 0 Å². The first-order valence-corrected chi connectivity index (χ1v) is 6.83. The van der Waals surface area contributed by atoms with Gasteiger partial charge < -0.3 is 15.8 Å². The SMILES string of the molecule is COCc1cccc(CNC2CCCC2CN)c1. The van der Waals surface area contributed by atoms with Gasteiger partial charge in [0.05, 0.1) is 6.61 Å².